The Balaban J connectivity index is 1.80. The number of para-hydroxylation sites is 1. The maximum atomic E-state index is 12.4. The van der Waals surface area contributed by atoms with E-state index < -0.39 is 6.04 Å². The average Bonchev–Trinajstić information content (AvgIpc) is 2.82. The highest BCUT2D eigenvalue weighted by Gasteiger charge is 2.34. The molecule has 110 valence electrons. The Hall–Kier alpha value is -2.53. The Labute approximate surface area is 132 Å². The number of hydrogen-bond acceptors (Lipinski definition) is 4. The van der Waals surface area contributed by atoms with Crippen LogP contribution in [0.3, 0.4) is 0 Å². The number of halogens is 1. The fourth-order valence-corrected chi connectivity index (χ4v) is 2.20. The lowest BCUT2D eigenvalue weighted by Crippen LogP contribution is -2.29. The van der Waals surface area contributed by atoms with E-state index in [1.54, 1.807) is 31.2 Å². The van der Waals surface area contributed by atoms with Gasteiger partial charge in [-0.3, -0.25) is 4.79 Å². The van der Waals surface area contributed by atoms with Crippen LogP contribution in [0.25, 0.3) is 0 Å². The molecule has 0 N–H and O–H groups in total. The molecule has 1 atom stereocenters. The number of hydrazone groups is 1. The molecule has 5 nitrogen and oxygen atoms in total. The summed E-state index contributed by atoms with van der Waals surface area (Å²) in [6, 6.07) is 15.5. The van der Waals surface area contributed by atoms with Crippen LogP contribution in [-0.2, 0) is 4.79 Å². The summed E-state index contributed by atoms with van der Waals surface area (Å²) in [6.07, 6.45) is 0. The van der Waals surface area contributed by atoms with Crippen molar-refractivity contribution in [2.45, 2.75) is 13.0 Å². The molecule has 0 aromatic heterocycles. The molecule has 1 aliphatic rings. The highest BCUT2D eigenvalue weighted by molar-refractivity contribution is 6.30. The van der Waals surface area contributed by atoms with Gasteiger partial charge in [0.05, 0.1) is 17.1 Å². The van der Waals surface area contributed by atoms with Gasteiger partial charge in [-0.1, -0.05) is 29.8 Å². The van der Waals surface area contributed by atoms with Crippen molar-refractivity contribution in [3.63, 3.8) is 0 Å². The van der Waals surface area contributed by atoms with Crippen LogP contribution in [0.1, 0.15) is 6.92 Å². The second-order valence-corrected chi connectivity index (χ2v) is 5.26. The Bertz CT molecular complexity index is 741. The maximum absolute atomic E-state index is 12.4. The molecule has 0 aliphatic carbocycles. The van der Waals surface area contributed by atoms with E-state index in [2.05, 4.69) is 15.3 Å². The minimum absolute atomic E-state index is 0.207. The first-order valence-corrected chi connectivity index (χ1v) is 7.13. The molecular weight excluding hydrogens is 300 g/mol. The minimum atomic E-state index is -0.684. The van der Waals surface area contributed by atoms with Crippen LogP contribution in [0.5, 0.6) is 0 Å². The van der Waals surface area contributed by atoms with Gasteiger partial charge in [0.15, 0.2) is 6.04 Å². The molecular formula is C16H13ClN4O. The van der Waals surface area contributed by atoms with E-state index in [4.69, 9.17) is 11.6 Å². The number of anilines is 1. The first-order chi connectivity index (χ1) is 10.6. The van der Waals surface area contributed by atoms with E-state index >= 15 is 0 Å². The Morgan fingerprint density at radius 2 is 1.77 bits per heavy atom. The fraction of sp³-hybridized carbons (Fsp3) is 0.125. The van der Waals surface area contributed by atoms with Crippen molar-refractivity contribution >= 4 is 34.6 Å². The molecule has 1 heterocycles. The third-order valence-electron chi connectivity index (χ3n) is 3.21. The molecule has 0 bridgehead atoms. The highest BCUT2D eigenvalue weighted by Crippen LogP contribution is 2.23. The molecule has 6 heteroatoms. The lowest BCUT2D eigenvalue weighted by molar-refractivity contribution is -0.117. The number of carbonyl (C=O) groups is 1. The van der Waals surface area contributed by atoms with Crippen LogP contribution < -0.4 is 5.01 Å². The van der Waals surface area contributed by atoms with Crippen LogP contribution in [0.2, 0.25) is 5.02 Å². The predicted molar refractivity (Wildman–Crippen MR) is 86.8 cm³/mol. The van der Waals surface area contributed by atoms with Gasteiger partial charge in [0.25, 0.3) is 5.91 Å². The maximum Gasteiger partial charge on any atom is 0.280 e. The topological polar surface area (TPSA) is 57.4 Å². The monoisotopic (exact) mass is 312 g/mol. The Morgan fingerprint density at radius 3 is 2.45 bits per heavy atom. The van der Waals surface area contributed by atoms with E-state index in [-0.39, 0.29) is 5.91 Å². The molecule has 1 aliphatic heterocycles. The van der Waals surface area contributed by atoms with Crippen LogP contribution in [0.4, 0.5) is 11.4 Å². The lowest BCUT2D eigenvalue weighted by Gasteiger charge is -2.11. The van der Waals surface area contributed by atoms with Gasteiger partial charge in [-0.05, 0) is 43.3 Å². The Morgan fingerprint density at radius 1 is 1.09 bits per heavy atom. The number of azo groups is 1. The number of benzene rings is 2. The third-order valence-corrected chi connectivity index (χ3v) is 3.46. The van der Waals surface area contributed by atoms with E-state index in [1.165, 1.54) is 5.01 Å². The van der Waals surface area contributed by atoms with Crippen molar-refractivity contribution in [2.24, 2.45) is 15.3 Å². The SMILES string of the molecule is CC1=NN(c2ccccc2)C(=O)C1N=Nc1ccc(Cl)cc1. The number of nitrogens with zero attached hydrogens (tertiary/aromatic N) is 4. The highest BCUT2D eigenvalue weighted by atomic mass is 35.5. The summed E-state index contributed by atoms with van der Waals surface area (Å²) in [4.78, 5) is 12.4. The van der Waals surface area contributed by atoms with Crippen molar-refractivity contribution in [3.05, 3.63) is 59.6 Å². The van der Waals surface area contributed by atoms with E-state index in [1.807, 2.05) is 30.3 Å². The van der Waals surface area contributed by atoms with E-state index in [9.17, 15) is 4.79 Å². The molecule has 0 radical (unpaired) electrons. The van der Waals surface area contributed by atoms with Gasteiger partial charge in [-0.25, -0.2) is 0 Å². The van der Waals surface area contributed by atoms with Gasteiger partial charge in [0.1, 0.15) is 0 Å². The van der Waals surface area contributed by atoms with Gasteiger partial charge in [0.2, 0.25) is 0 Å². The first kappa shape index (κ1) is 14.4. The van der Waals surface area contributed by atoms with Crippen LogP contribution in [0, 0.1) is 0 Å². The Kier molecular flexibility index (Phi) is 3.98. The molecule has 3 rings (SSSR count). The first-order valence-electron chi connectivity index (χ1n) is 6.76. The normalized spacial score (nSPS) is 18.1. The zero-order valence-corrected chi connectivity index (χ0v) is 12.6. The van der Waals surface area contributed by atoms with Crippen molar-refractivity contribution in [1.82, 2.24) is 0 Å². The summed E-state index contributed by atoms with van der Waals surface area (Å²) in [6.45, 7) is 1.77. The van der Waals surface area contributed by atoms with Crippen LogP contribution >= 0.6 is 11.6 Å². The third kappa shape index (κ3) is 2.89. The second kappa shape index (κ2) is 6.07. The average molecular weight is 313 g/mol. The number of rotatable bonds is 3. The van der Waals surface area contributed by atoms with Crippen molar-refractivity contribution in [3.8, 4) is 0 Å². The summed E-state index contributed by atoms with van der Waals surface area (Å²) in [7, 11) is 0. The standard InChI is InChI=1S/C16H13ClN4O/c1-11-15(19-18-13-9-7-12(17)8-10-13)16(22)21(20-11)14-5-3-2-4-6-14/h2-10,15H,1H3. The van der Waals surface area contributed by atoms with Gasteiger partial charge in [0, 0.05) is 5.02 Å². The minimum Gasteiger partial charge on any atom is -0.269 e. The lowest BCUT2D eigenvalue weighted by atomic mass is 10.2. The van der Waals surface area contributed by atoms with E-state index in [0.717, 1.165) is 5.69 Å². The van der Waals surface area contributed by atoms with Gasteiger partial charge < -0.3 is 0 Å². The van der Waals surface area contributed by atoms with Gasteiger partial charge >= 0.3 is 0 Å². The summed E-state index contributed by atoms with van der Waals surface area (Å²) < 4.78 is 0. The zero-order valence-electron chi connectivity index (χ0n) is 11.8. The van der Waals surface area contributed by atoms with Crippen LogP contribution in [-0.4, -0.2) is 17.7 Å². The molecule has 2 aromatic carbocycles. The fourth-order valence-electron chi connectivity index (χ4n) is 2.08. The van der Waals surface area contributed by atoms with Crippen LogP contribution in [0.15, 0.2) is 69.9 Å². The molecule has 0 saturated heterocycles. The van der Waals surface area contributed by atoms with E-state index in [0.29, 0.717) is 16.4 Å². The predicted octanol–water partition coefficient (Wildman–Crippen LogP) is 4.22. The molecule has 0 fully saturated rings. The second-order valence-electron chi connectivity index (χ2n) is 4.82. The summed E-state index contributed by atoms with van der Waals surface area (Å²) in [5.74, 6) is -0.207. The number of hydrogen-bond donors (Lipinski definition) is 0. The number of carbonyl (C=O) groups excluding carboxylic acids is 1. The summed E-state index contributed by atoms with van der Waals surface area (Å²) in [5, 5.41) is 14.5. The van der Waals surface area contributed by atoms with Crippen molar-refractivity contribution in [2.75, 3.05) is 5.01 Å². The van der Waals surface area contributed by atoms with Gasteiger partial charge in [-0.2, -0.15) is 20.3 Å². The summed E-state index contributed by atoms with van der Waals surface area (Å²) in [5.41, 5.74) is 1.98. The molecule has 1 amide bonds. The number of amides is 1. The van der Waals surface area contributed by atoms with Crippen molar-refractivity contribution < 1.29 is 4.79 Å². The zero-order chi connectivity index (χ0) is 15.5. The molecule has 0 spiro atoms. The molecule has 2 aromatic rings. The smallest absolute Gasteiger partial charge is 0.269 e. The molecule has 22 heavy (non-hydrogen) atoms. The van der Waals surface area contributed by atoms with Crippen molar-refractivity contribution in [1.29, 1.82) is 0 Å². The largest absolute Gasteiger partial charge is 0.280 e. The quantitative estimate of drug-likeness (QED) is 0.783. The summed E-state index contributed by atoms with van der Waals surface area (Å²) >= 11 is 5.82. The van der Waals surface area contributed by atoms with Gasteiger partial charge in [-0.15, -0.1) is 0 Å². The molecule has 0 saturated carbocycles. The molecule has 1 unspecified atom stereocenters.